The van der Waals surface area contributed by atoms with Crippen molar-refractivity contribution in [3.8, 4) is 0 Å². The van der Waals surface area contributed by atoms with Gasteiger partial charge in [-0.05, 0) is 18.8 Å². The number of carboxylic acids is 1. The molecule has 0 heterocycles. The summed E-state index contributed by atoms with van der Waals surface area (Å²) in [5, 5.41) is 11.0. The first-order valence-electron chi connectivity index (χ1n) is 6.07. The number of halogens is 3. The standard InChI is InChI=1S/C11H17F3N2O3/c1-2-3-7-4-8(7)15-10(19)16(5-9(17)18)6-11(12,13)14/h7-8H,2-6H2,1H3,(H,15,19)(H,17,18). The lowest BCUT2D eigenvalue weighted by atomic mass is 10.2. The topological polar surface area (TPSA) is 69.6 Å². The second-order valence-electron chi connectivity index (χ2n) is 4.71. The normalized spacial score (nSPS) is 21.9. The van der Waals surface area contributed by atoms with Crippen LogP contribution in [0.4, 0.5) is 18.0 Å². The average Bonchev–Trinajstić information content (AvgIpc) is 2.93. The molecule has 1 fully saturated rings. The Bertz CT molecular complexity index is 347. The first-order valence-corrected chi connectivity index (χ1v) is 6.07. The van der Waals surface area contributed by atoms with Crippen molar-refractivity contribution in [2.45, 2.75) is 38.4 Å². The van der Waals surface area contributed by atoms with Crippen molar-refractivity contribution >= 4 is 12.0 Å². The van der Waals surface area contributed by atoms with E-state index >= 15 is 0 Å². The molecule has 1 aliphatic rings. The lowest BCUT2D eigenvalue weighted by Gasteiger charge is -2.22. The van der Waals surface area contributed by atoms with E-state index < -0.39 is 31.3 Å². The lowest BCUT2D eigenvalue weighted by molar-refractivity contribution is -0.149. The number of alkyl halides is 3. The molecule has 8 heteroatoms. The van der Waals surface area contributed by atoms with Crippen LogP contribution in [0.3, 0.4) is 0 Å². The first kappa shape index (κ1) is 15.6. The van der Waals surface area contributed by atoms with Crippen molar-refractivity contribution in [1.82, 2.24) is 10.2 Å². The van der Waals surface area contributed by atoms with Crippen molar-refractivity contribution in [3.63, 3.8) is 0 Å². The molecule has 19 heavy (non-hydrogen) atoms. The van der Waals surface area contributed by atoms with Gasteiger partial charge in [0.2, 0.25) is 0 Å². The summed E-state index contributed by atoms with van der Waals surface area (Å²) in [6.07, 6.45) is -2.02. The number of urea groups is 1. The summed E-state index contributed by atoms with van der Waals surface area (Å²) in [5.74, 6) is -1.17. The molecular weight excluding hydrogens is 265 g/mol. The third-order valence-electron chi connectivity index (χ3n) is 2.87. The number of carbonyl (C=O) groups excluding carboxylic acids is 1. The van der Waals surface area contributed by atoms with Gasteiger partial charge in [0.05, 0.1) is 0 Å². The Labute approximate surface area is 108 Å². The molecule has 2 atom stereocenters. The van der Waals surface area contributed by atoms with E-state index in [-0.39, 0.29) is 10.9 Å². The van der Waals surface area contributed by atoms with Crippen molar-refractivity contribution in [2.24, 2.45) is 5.92 Å². The molecule has 1 aliphatic carbocycles. The minimum atomic E-state index is -4.61. The fraction of sp³-hybridized carbons (Fsp3) is 0.818. The molecule has 0 radical (unpaired) electrons. The van der Waals surface area contributed by atoms with Gasteiger partial charge in [0.15, 0.2) is 0 Å². The molecule has 0 aromatic carbocycles. The molecule has 0 aromatic rings. The Morgan fingerprint density at radius 1 is 1.42 bits per heavy atom. The second-order valence-corrected chi connectivity index (χ2v) is 4.71. The number of nitrogens with one attached hydrogen (secondary N) is 1. The lowest BCUT2D eigenvalue weighted by Crippen LogP contribution is -2.47. The van der Waals surface area contributed by atoms with Crippen LogP contribution in [0.25, 0.3) is 0 Å². The molecule has 0 aromatic heterocycles. The fourth-order valence-electron chi connectivity index (χ4n) is 1.94. The summed E-state index contributed by atoms with van der Waals surface area (Å²) in [7, 11) is 0. The van der Waals surface area contributed by atoms with Gasteiger partial charge in [-0.1, -0.05) is 13.3 Å². The van der Waals surface area contributed by atoms with E-state index in [4.69, 9.17) is 5.11 Å². The van der Waals surface area contributed by atoms with Crippen LogP contribution in [0.5, 0.6) is 0 Å². The van der Waals surface area contributed by atoms with E-state index in [2.05, 4.69) is 5.32 Å². The predicted octanol–water partition coefficient (Wildman–Crippen LogP) is 1.83. The van der Waals surface area contributed by atoms with Crippen LogP contribution >= 0.6 is 0 Å². The number of hydrogen-bond donors (Lipinski definition) is 2. The van der Waals surface area contributed by atoms with Gasteiger partial charge in [-0.2, -0.15) is 13.2 Å². The maximum absolute atomic E-state index is 12.3. The highest BCUT2D eigenvalue weighted by atomic mass is 19.4. The molecule has 0 bridgehead atoms. The fourth-order valence-corrected chi connectivity index (χ4v) is 1.94. The maximum Gasteiger partial charge on any atom is 0.406 e. The van der Waals surface area contributed by atoms with Crippen molar-refractivity contribution in [1.29, 1.82) is 0 Å². The Morgan fingerprint density at radius 3 is 2.53 bits per heavy atom. The Kier molecular flexibility index (Phi) is 5.02. The molecule has 0 saturated heterocycles. The Hall–Kier alpha value is -1.47. The van der Waals surface area contributed by atoms with Crippen LogP contribution in [0.2, 0.25) is 0 Å². The van der Waals surface area contributed by atoms with Crippen LogP contribution in [0.15, 0.2) is 0 Å². The molecule has 5 nitrogen and oxygen atoms in total. The first-order chi connectivity index (χ1) is 8.73. The van der Waals surface area contributed by atoms with E-state index in [9.17, 15) is 22.8 Å². The van der Waals surface area contributed by atoms with E-state index in [1.165, 1.54) is 0 Å². The van der Waals surface area contributed by atoms with E-state index in [0.717, 1.165) is 19.3 Å². The summed E-state index contributed by atoms with van der Waals surface area (Å²) in [5.41, 5.74) is 0. The Balaban J connectivity index is 2.50. The molecule has 2 N–H and O–H groups in total. The van der Waals surface area contributed by atoms with Gasteiger partial charge in [-0.15, -0.1) is 0 Å². The maximum atomic E-state index is 12.3. The highest BCUT2D eigenvalue weighted by Crippen LogP contribution is 2.34. The summed E-state index contributed by atoms with van der Waals surface area (Å²) < 4.78 is 36.8. The van der Waals surface area contributed by atoms with Gasteiger partial charge in [0.25, 0.3) is 0 Å². The zero-order valence-corrected chi connectivity index (χ0v) is 10.5. The van der Waals surface area contributed by atoms with Gasteiger partial charge in [0.1, 0.15) is 13.1 Å². The van der Waals surface area contributed by atoms with Gasteiger partial charge in [-0.25, -0.2) is 4.79 Å². The van der Waals surface area contributed by atoms with E-state index in [1.807, 2.05) is 6.92 Å². The zero-order valence-electron chi connectivity index (χ0n) is 10.5. The molecule has 1 saturated carbocycles. The number of hydrogen-bond acceptors (Lipinski definition) is 2. The molecule has 1 rings (SSSR count). The summed E-state index contributed by atoms with van der Waals surface area (Å²) in [4.78, 5) is 22.4. The van der Waals surface area contributed by atoms with Crippen LogP contribution in [0, 0.1) is 5.92 Å². The molecule has 0 aliphatic heterocycles. The monoisotopic (exact) mass is 282 g/mol. The molecule has 0 spiro atoms. The van der Waals surface area contributed by atoms with Crippen LogP contribution in [-0.4, -0.2) is 47.3 Å². The van der Waals surface area contributed by atoms with Gasteiger partial charge in [-0.3, -0.25) is 4.79 Å². The van der Waals surface area contributed by atoms with Crippen molar-refractivity contribution < 1.29 is 27.9 Å². The summed E-state index contributed by atoms with van der Waals surface area (Å²) >= 11 is 0. The van der Waals surface area contributed by atoms with Crippen LogP contribution in [0.1, 0.15) is 26.2 Å². The minimum Gasteiger partial charge on any atom is -0.480 e. The smallest absolute Gasteiger partial charge is 0.406 e. The van der Waals surface area contributed by atoms with Gasteiger partial charge < -0.3 is 15.3 Å². The van der Waals surface area contributed by atoms with E-state index in [0.29, 0.717) is 5.92 Å². The Morgan fingerprint density at radius 2 is 2.05 bits per heavy atom. The third kappa shape index (κ3) is 5.80. The number of rotatable bonds is 6. The predicted molar refractivity (Wildman–Crippen MR) is 60.6 cm³/mol. The SMILES string of the molecule is CCCC1CC1NC(=O)N(CC(=O)O)CC(F)(F)F. The van der Waals surface area contributed by atoms with Crippen molar-refractivity contribution in [2.75, 3.05) is 13.1 Å². The highest BCUT2D eigenvalue weighted by Gasteiger charge is 2.40. The number of aliphatic carboxylic acids is 1. The van der Waals surface area contributed by atoms with Gasteiger partial charge >= 0.3 is 18.2 Å². The second kappa shape index (κ2) is 6.12. The summed E-state index contributed by atoms with van der Waals surface area (Å²) in [6.45, 7) is -0.537. The molecule has 2 amide bonds. The quantitative estimate of drug-likeness (QED) is 0.781. The third-order valence-corrected chi connectivity index (χ3v) is 2.87. The number of nitrogens with zero attached hydrogens (tertiary/aromatic N) is 1. The molecule has 2 unspecified atom stereocenters. The molecular formula is C11H17F3N2O3. The zero-order chi connectivity index (χ0) is 14.6. The highest BCUT2D eigenvalue weighted by molar-refractivity contribution is 5.80. The summed E-state index contributed by atoms with van der Waals surface area (Å²) in [6, 6.07) is -1.10. The number of amides is 2. The minimum absolute atomic E-state index is 0.128. The number of carbonyl (C=O) groups is 2. The number of carboxylic acid groups (broad SMARTS) is 1. The molecule has 110 valence electrons. The van der Waals surface area contributed by atoms with E-state index in [1.54, 1.807) is 0 Å². The van der Waals surface area contributed by atoms with Crippen LogP contribution < -0.4 is 5.32 Å². The van der Waals surface area contributed by atoms with Crippen molar-refractivity contribution in [3.05, 3.63) is 0 Å². The van der Waals surface area contributed by atoms with Gasteiger partial charge in [0, 0.05) is 6.04 Å². The largest absolute Gasteiger partial charge is 0.480 e. The van der Waals surface area contributed by atoms with Crippen LogP contribution in [-0.2, 0) is 4.79 Å². The average molecular weight is 282 g/mol.